The molecule has 1 aromatic carbocycles. The predicted octanol–water partition coefficient (Wildman–Crippen LogP) is 3.85. The lowest BCUT2D eigenvalue weighted by atomic mass is 10.1. The van der Waals surface area contributed by atoms with Crippen LogP contribution in [-0.2, 0) is 5.75 Å². The van der Waals surface area contributed by atoms with Crippen LogP contribution in [0.4, 0.5) is 0 Å². The van der Waals surface area contributed by atoms with Gasteiger partial charge in [-0.15, -0.1) is 10.2 Å². The average molecular weight is 339 g/mol. The zero-order chi connectivity index (χ0) is 16.8. The molecule has 0 bridgehead atoms. The molecule has 2 heterocycles. The highest BCUT2D eigenvalue weighted by Gasteiger charge is 2.09. The van der Waals surface area contributed by atoms with Crippen molar-refractivity contribution in [3.8, 4) is 22.8 Å². The Hall–Kier alpha value is -2.60. The van der Waals surface area contributed by atoms with E-state index in [1.807, 2.05) is 42.5 Å². The number of nitrogens with zero attached hydrogens (tertiary/aromatic N) is 3. The standard InChI is InChI=1S/C18H17N3O2S/c1-22-14-3-4-15(17(11-14)23-2)16-5-6-18(21-20-16)24-12-13-7-9-19-10-8-13/h3-11H,12H2,1-2H3. The van der Waals surface area contributed by atoms with Crippen LogP contribution in [0.2, 0.25) is 0 Å². The Kier molecular flexibility index (Phi) is 5.28. The first-order valence-corrected chi connectivity index (χ1v) is 8.36. The number of benzene rings is 1. The normalized spacial score (nSPS) is 10.4. The third-order valence-corrected chi connectivity index (χ3v) is 4.45. The molecule has 0 aliphatic heterocycles. The fourth-order valence-electron chi connectivity index (χ4n) is 2.19. The number of methoxy groups -OCH3 is 2. The summed E-state index contributed by atoms with van der Waals surface area (Å²) in [6.45, 7) is 0. The molecule has 122 valence electrons. The van der Waals surface area contributed by atoms with Crippen LogP contribution in [0.3, 0.4) is 0 Å². The topological polar surface area (TPSA) is 57.1 Å². The number of aromatic nitrogens is 3. The maximum Gasteiger partial charge on any atom is 0.132 e. The fraction of sp³-hybridized carbons (Fsp3) is 0.167. The Morgan fingerprint density at radius 2 is 1.75 bits per heavy atom. The molecule has 5 nitrogen and oxygen atoms in total. The van der Waals surface area contributed by atoms with Gasteiger partial charge < -0.3 is 9.47 Å². The molecule has 0 aliphatic rings. The molecular formula is C18H17N3O2S. The van der Waals surface area contributed by atoms with Gasteiger partial charge in [-0.3, -0.25) is 4.98 Å². The van der Waals surface area contributed by atoms with Crippen molar-refractivity contribution in [1.29, 1.82) is 0 Å². The van der Waals surface area contributed by atoms with E-state index in [0.717, 1.165) is 27.8 Å². The first kappa shape index (κ1) is 16.3. The summed E-state index contributed by atoms with van der Waals surface area (Å²) in [6.07, 6.45) is 3.58. The fourth-order valence-corrected chi connectivity index (χ4v) is 2.96. The van der Waals surface area contributed by atoms with E-state index in [0.29, 0.717) is 5.75 Å². The minimum atomic E-state index is 0.709. The maximum absolute atomic E-state index is 5.42. The lowest BCUT2D eigenvalue weighted by molar-refractivity contribution is 0.395. The monoisotopic (exact) mass is 339 g/mol. The van der Waals surface area contributed by atoms with Crippen LogP contribution < -0.4 is 9.47 Å². The van der Waals surface area contributed by atoms with Gasteiger partial charge in [-0.05, 0) is 42.0 Å². The second-order valence-electron chi connectivity index (χ2n) is 4.97. The molecule has 0 unspecified atom stereocenters. The molecule has 3 aromatic rings. The van der Waals surface area contributed by atoms with Crippen LogP contribution in [0, 0.1) is 0 Å². The highest BCUT2D eigenvalue weighted by atomic mass is 32.2. The van der Waals surface area contributed by atoms with Crippen molar-refractivity contribution in [3.05, 3.63) is 60.4 Å². The summed E-state index contributed by atoms with van der Waals surface area (Å²) in [5, 5.41) is 9.50. The molecule has 0 spiro atoms. The minimum absolute atomic E-state index is 0.709. The number of pyridine rings is 1. The summed E-state index contributed by atoms with van der Waals surface area (Å²) >= 11 is 1.64. The first-order valence-electron chi connectivity index (χ1n) is 7.38. The van der Waals surface area contributed by atoms with Gasteiger partial charge in [0.15, 0.2) is 0 Å². The molecule has 0 aliphatic carbocycles. The van der Waals surface area contributed by atoms with E-state index in [4.69, 9.17) is 9.47 Å². The summed E-state index contributed by atoms with van der Waals surface area (Å²) in [6, 6.07) is 13.6. The highest BCUT2D eigenvalue weighted by molar-refractivity contribution is 7.98. The van der Waals surface area contributed by atoms with Crippen LogP contribution in [0.25, 0.3) is 11.3 Å². The molecule has 2 aromatic heterocycles. The predicted molar refractivity (Wildman–Crippen MR) is 94.4 cm³/mol. The second kappa shape index (κ2) is 7.79. The largest absolute Gasteiger partial charge is 0.497 e. The van der Waals surface area contributed by atoms with E-state index in [1.54, 1.807) is 38.4 Å². The van der Waals surface area contributed by atoms with E-state index in [-0.39, 0.29) is 0 Å². The SMILES string of the molecule is COc1ccc(-c2ccc(SCc3ccncc3)nn2)c(OC)c1. The zero-order valence-electron chi connectivity index (χ0n) is 13.5. The summed E-state index contributed by atoms with van der Waals surface area (Å²) in [7, 11) is 3.26. The van der Waals surface area contributed by atoms with E-state index < -0.39 is 0 Å². The smallest absolute Gasteiger partial charge is 0.132 e. The van der Waals surface area contributed by atoms with Crippen LogP contribution in [0.15, 0.2) is 59.9 Å². The molecule has 0 atom stereocenters. The zero-order valence-corrected chi connectivity index (χ0v) is 14.3. The number of ether oxygens (including phenoxy) is 2. The van der Waals surface area contributed by atoms with E-state index in [1.165, 1.54) is 5.56 Å². The number of hydrogen-bond acceptors (Lipinski definition) is 6. The quantitative estimate of drug-likeness (QED) is 0.636. The molecule has 24 heavy (non-hydrogen) atoms. The molecule has 0 fully saturated rings. The molecule has 0 saturated heterocycles. The van der Waals surface area contributed by atoms with Crippen molar-refractivity contribution in [2.24, 2.45) is 0 Å². The molecule has 0 N–H and O–H groups in total. The van der Waals surface area contributed by atoms with Crippen LogP contribution in [-0.4, -0.2) is 29.4 Å². The van der Waals surface area contributed by atoms with Crippen molar-refractivity contribution >= 4 is 11.8 Å². The molecule has 3 rings (SSSR count). The van der Waals surface area contributed by atoms with E-state index in [2.05, 4.69) is 15.2 Å². The number of thioether (sulfide) groups is 1. The van der Waals surface area contributed by atoms with Gasteiger partial charge in [-0.25, -0.2) is 0 Å². The first-order chi connectivity index (χ1) is 11.8. The van der Waals surface area contributed by atoms with Gasteiger partial charge in [-0.1, -0.05) is 11.8 Å². The molecular weight excluding hydrogens is 322 g/mol. The maximum atomic E-state index is 5.42. The Labute approximate surface area is 145 Å². The summed E-state index contributed by atoms with van der Waals surface area (Å²) in [5.74, 6) is 2.29. The molecule has 0 amide bonds. The van der Waals surface area contributed by atoms with Crippen molar-refractivity contribution < 1.29 is 9.47 Å². The van der Waals surface area contributed by atoms with Gasteiger partial charge >= 0.3 is 0 Å². The lowest BCUT2D eigenvalue weighted by Gasteiger charge is -2.09. The van der Waals surface area contributed by atoms with Gasteiger partial charge in [-0.2, -0.15) is 0 Å². The summed E-state index contributed by atoms with van der Waals surface area (Å²) in [4.78, 5) is 4.02. The Morgan fingerprint density at radius 3 is 2.42 bits per heavy atom. The van der Waals surface area contributed by atoms with Crippen molar-refractivity contribution in [2.45, 2.75) is 10.8 Å². The molecule has 0 radical (unpaired) electrons. The van der Waals surface area contributed by atoms with Crippen molar-refractivity contribution in [3.63, 3.8) is 0 Å². The molecule has 6 heteroatoms. The number of rotatable bonds is 6. The van der Waals surface area contributed by atoms with Crippen LogP contribution in [0.5, 0.6) is 11.5 Å². The molecule has 0 saturated carbocycles. The second-order valence-corrected chi connectivity index (χ2v) is 5.96. The Balaban J connectivity index is 1.75. The Bertz CT molecular complexity index is 795. The van der Waals surface area contributed by atoms with Crippen LogP contribution in [0.1, 0.15) is 5.56 Å². The third kappa shape index (κ3) is 3.83. The minimum Gasteiger partial charge on any atom is -0.497 e. The van der Waals surface area contributed by atoms with Gasteiger partial charge in [0.1, 0.15) is 16.5 Å². The lowest BCUT2D eigenvalue weighted by Crippen LogP contribution is -1.94. The van der Waals surface area contributed by atoms with Gasteiger partial charge in [0.05, 0.1) is 19.9 Å². The van der Waals surface area contributed by atoms with E-state index >= 15 is 0 Å². The van der Waals surface area contributed by atoms with Gasteiger partial charge in [0.25, 0.3) is 0 Å². The van der Waals surface area contributed by atoms with Gasteiger partial charge in [0, 0.05) is 29.8 Å². The Morgan fingerprint density at radius 1 is 0.917 bits per heavy atom. The third-order valence-electron chi connectivity index (χ3n) is 3.46. The van der Waals surface area contributed by atoms with Gasteiger partial charge in [0.2, 0.25) is 0 Å². The van der Waals surface area contributed by atoms with Crippen LogP contribution >= 0.6 is 11.8 Å². The van der Waals surface area contributed by atoms with E-state index in [9.17, 15) is 0 Å². The van der Waals surface area contributed by atoms with Crippen molar-refractivity contribution in [2.75, 3.05) is 14.2 Å². The average Bonchev–Trinajstić information content (AvgIpc) is 2.67. The summed E-state index contributed by atoms with van der Waals surface area (Å²) < 4.78 is 10.6. The van der Waals surface area contributed by atoms with Crippen molar-refractivity contribution in [1.82, 2.24) is 15.2 Å². The summed E-state index contributed by atoms with van der Waals surface area (Å²) in [5.41, 5.74) is 2.86. The highest BCUT2D eigenvalue weighted by Crippen LogP contribution is 2.32. The number of hydrogen-bond donors (Lipinski definition) is 0.